The van der Waals surface area contributed by atoms with Crippen molar-refractivity contribution in [3.63, 3.8) is 0 Å². The van der Waals surface area contributed by atoms with Gasteiger partial charge in [-0.15, -0.1) is 12.4 Å². The van der Waals surface area contributed by atoms with Crippen LogP contribution in [0.1, 0.15) is 18.6 Å². The van der Waals surface area contributed by atoms with Crippen LogP contribution in [0.25, 0.3) is 10.9 Å². The van der Waals surface area contributed by atoms with Crippen LogP contribution in [0.2, 0.25) is 0 Å². The minimum Gasteiger partial charge on any atom is -0.372 e. The van der Waals surface area contributed by atoms with Gasteiger partial charge in [0.05, 0.1) is 28.2 Å². The van der Waals surface area contributed by atoms with Gasteiger partial charge < -0.3 is 9.72 Å². The first-order chi connectivity index (χ1) is 15.0. The minimum atomic E-state index is -3.69. The summed E-state index contributed by atoms with van der Waals surface area (Å²) in [6.07, 6.45) is 1.26. The van der Waals surface area contributed by atoms with Crippen LogP contribution >= 0.6 is 12.4 Å². The predicted molar refractivity (Wildman–Crippen MR) is 126 cm³/mol. The number of benzene rings is 2. The SMILES string of the molecule is CCOC(CN1CCN(S(=O)(=O)c2ccc3nc[nH]c(=O)c3c2)CC1)c1ccccc1.Cl. The van der Waals surface area contributed by atoms with Gasteiger partial charge in [0.15, 0.2) is 0 Å². The van der Waals surface area contributed by atoms with Gasteiger partial charge in [-0.1, -0.05) is 30.3 Å². The van der Waals surface area contributed by atoms with Crippen LogP contribution in [0, 0.1) is 0 Å². The van der Waals surface area contributed by atoms with E-state index in [4.69, 9.17) is 4.74 Å². The van der Waals surface area contributed by atoms with E-state index >= 15 is 0 Å². The lowest BCUT2D eigenvalue weighted by Gasteiger charge is -2.35. The van der Waals surface area contributed by atoms with E-state index in [9.17, 15) is 13.2 Å². The molecule has 4 rings (SSSR count). The number of fused-ring (bicyclic) bond motifs is 1. The van der Waals surface area contributed by atoms with Crippen molar-refractivity contribution in [2.75, 3.05) is 39.3 Å². The maximum absolute atomic E-state index is 13.1. The van der Waals surface area contributed by atoms with Crippen LogP contribution in [0.15, 0.2) is 64.5 Å². The number of piperazine rings is 1. The highest BCUT2D eigenvalue weighted by molar-refractivity contribution is 7.89. The first-order valence-corrected chi connectivity index (χ1v) is 11.8. The number of hydrogen-bond acceptors (Lipinski definition) is 6. The number of hydrogen-bond donors (Lipinski definition) is 1. The Bertz CT molecular complexity index is 1200. The van der Waals surface area contributed by atoms with Crippen LogP contribution in [-0.4, -0.2) is 66.9 Å². The highest BCUT2D eigenvalue weighted by Crippen LogP contribution is 2.23. The first kappa shape index (κ1) is 24.3. The molecule has 0 aliphatic carbocycles. The zero-order valence-electron chi connectivity index (χ0n) is 17.8. The summed E-state index contributed by atoms with van der Waals surface area (Å²) in [6.45, 7) is 5.31. The van der Waals surface area contributed by atoms with E-state index in [1.54, 1.807) is 6.07 Å². The maximum Gasteiger partial charge on any atom is 0.258 e. The average molecular weight is 479 g/mol. The fraction of sp³-hybridized carbons (Fsp3) is 0.364. The normalized spacial score (nSPS) is 16.5. The molecule has 1 N–H and O–H groups in total. The quantitative estimate of drug-likeness (QED) is 0.560. The third-order valence-corrected chi connectivity index (χ3v) is 7.44. The van der Waals surface area contributed by atoms with E-state index in [0.717, 1.165) is 5.56 Å². The Morgan fingerprint density at radius 1 is 1.09 bits per heavy atom. The van der Waals surface area contributed by atoms with Gasteiger partial charge in [-0.2, -0.15) is 4.31 Å². The number of nitrogens with zero attached hydrogens (tertiary/aromatic N) is 3. The van der Waals surface area contributed by atoms with E-state index in [-0.39, 0.29) is 34.4 Å². The van der Waals surface area contributed by atoms with Crippen LogP contribution in [0.5, 0.6) is 0 Å². The van der Waals surface area contributed by atoms with Crippen LogP contribution in [0.4, 0.5) is 0 Å². The Morgan fingerprint density at radius 2 is 1.81 bits per heavy atom. The monoisotopic (exact) mass is 478 g/mol. The third kappa shape index (κ3) is 5.19. The van der Waals surface area contributed by atoms with Crippen molar-refractivity contribution in [3.05, 3.63) is 70.8 Å². The molecule has 32 heavy (non-hydrogen) atoms. The van der Waals surface area contributed by atoms with Gasteiger partial charge in [-0.05, 0) is 30.7 Å². The molecule has 0 spiro atoms. The number of halogens is 1. The van der Waals surface area contributed by atoms with Crippen molar-refractivity contribution < 1.29 is 13.2 Å². The Balaban J connectivity index is 0.00000289. The molecule has 8 nitrogen and oxygen atoms in total. The van der Waals surface area contributed by atoms with Gasteiger partial charge >= 0.3 is 0 Å². The molecule has 1 atom stereocenters. The molecule has 1 aromatic heterocycles. The fourth-order valence-electron chi connectivity index (χ4n) is 3.87. The highest BCUT2D eigenvalue weighted by Gasteiger charge is 2.30. The number of H-pyrrole nitrogens is 1. The Labute approximate surface area is 193 Å². The summed E-state index contributed by atoms with van der Waals surface area (Å²) in [5.74, 6) is 0. The standard InChI is InChI=1S/C22H26N4O4S.ClH/c1-2-30-21(17-6-4-3-5-7-17)15-25-10-12-26(13-11-25)31(28,29)18-8-9-20-19(14-18)22(27)24-16-23-20;/h3-9,14,16,21H,2,10-13,15H2,1H3,(H,23,24,27);1H. The van der Waals surface area contributed by atoms with Crippen molar-refractivity contribution in [2.45, 2.75) is 17.9 Å². The molecule has 0 bridgehead atoms. The molecule has 1 fully saturated rings. The zero-order valence-corrected chi connectivity index (χ0v) is 19.4. The van der Waals surface area contributed by atoms with Crippen LogP contribution < -0.4 is 5.56 Å². The van der Waals surface area contributed by atoms with Crippen molar-refractivity contribution in [3.8, 4) is 0 Å². The van der Waals surface area contributed by atoms with Gasteiger partial charge in [-0.25, -0.2) is 13.4 Å². The number of sulfonamides is 1. The molecule has 1 aliphatic heterocycles. The second-order valence-corrected chi connectivity index (χ2v) is 9.41. The largest absolute Gasteiger partial charge is 0.372 e. The third-order valence-electron chi connectivity index (χ3n) is 5.54. The molecule has 1 unspecified atom stereocenters. The second-order valence-electron chi connectivity index (χ2n) is 7.47. The summed E-state index contributed by atoms with van der Waals surface area (Å²) >= 11 is 0. The minimum absolute atomic E-state index is 0. The first-order valence-electron chi connectivity index (χ1n) is 10.4. The molecule has 1 aliphatic rings. The van der Waals surface area contributed by atoms with Gasteiger partial charge in [-0.3, -0.25) is 9.69 Å². The summed E-state index contributed by atoms with van der Waals surface area (Å²) < 4.78 is 33.7. The fourth-order valence-corrected chi connectivity index (χ4v) is 5.32. The molecule has 2 heterocycles. The lowest BCUT2D eigenvalue weighted by Crippen LogP contribution is -2.49. The predicted octanol–water partition coefficient (Wildman–Crippen LogP) is 2.43. The molecular weight excluding hydrogens is 452 g/mol. The molecular formula is C22H27ClN4O4S. The molecule has 0 amide bonds. The van der Waals surface area contributed by atoms with Gasteiger partial charge in [0, 0.05) is 39.3 Å². The van der Waals surface area contributed by atoms with Crippen molar-refractivity contribution >= 4 is 33.3 Å². The van der Waals surface area contributed by atoms with Crippen molar-refractivity contribution in [1.82, 2.24) is 19.2 Å². The smallest absolute Gasteiger partial charge is 0.258 e. The second kappa shape index (κ2) is 10.5. The highest BCUT2D eigenvalue weighted by atomic mass is 35.5. The van der Waals surface area contributed by atoms with Gasteiger partial charge in [0.2, 0.25) is 10.0 Å². The molecule has 172 valence electrons. The average Bonchev–Trinajstić information content (AvgIpc) is 2.80. The van der Waals surface area contributed by atoms with Crippen LogP contribution in [0.3, 0.4) is 0 Å². The Hall–Kier alpha value is -2.30. The number of ether oxygens (including phenoxy) is 1. The zero-order chi connectivity index (χ0) is 21.8. The van der Waals surface area contributed by atoms with E-state index in [1.165, 1.54) is 22.8 Å². The number of nitrogens with one attached hydrogen (secondary N) is 1. The molecule has 0 radical (unpaired) electrons. The number of rotatable bonds is 7. The molecule has 3 aromatic rings. The van der Waals surface area contributed by atoms with E-state index < -0.39 is 10.0 Å². The van der Waals surface area contributed by atoms with Crippen molar-refractivity contribution in [1.29, 1.82) is 0 Å². The number of aromatic amines is 1. The topological polar surface area (TPSA) is 95.6 Å². The summed E-state index contributed by atoms with van der Waals surface area (Å²) in [7, 11) is -3.69. The molecule has 0 saturated carbocycles. The van der Waals surface area contributed by atoms with Gasteiger partial charge in [0.1, 0.15) is 0 Å². The maximum atomic E-state index is 13.1. The lowest BCUT2D eigenvalue weighted by molar-refractivity contribution is 0.0249. The molecule has 10 heteroatoms. The Morgan fingerprint density at radius 3 is 2.50 bits per heavy atom. The lowest BCUT2D eigenvalue weighted by atomic mass is 10.1. The summed E-state index contributed by atoms with van der Waals surface area (Å²) in [4.78, 5) is 20.9. The van der Waals surface area contributed by atoms with Gasteiger partial charge in [0.25, 0.3) is 5.56 Å². The molecule has 2 aromatic carbocycles. The summed E-state index contributed by atoms with van der Waals surface area (Å²) in [6, 6.07) is 14.6. The van der Waals surface area contributed by atoms with Crippen LogP contribution in [-0.2, 0) is 14.8 Å². The number of aromatic nitrogens is 2. The summed E-state index contributed by atoms with van der Waals surface area (Å²) in [5, 5.41) is 0.268. The van der Waals surface area contributed by atoms with E-state index in [1.807, 2.05) is 25.1 Å². The van der Waals surface area contributed by atoms with Crippen molar-refractivity contribution in [2.24, 2.45) is 0 Å². The summed E-state index contributed by atoms with van der Waals surface area (Å²) in [5.41, 5.74) is 1.24. The van der Waals surface area contributed by atoms with E-state index in [0.29, 0.717) is 44.8 Å². The van der Waals surface area contributed by atoms with E-state index in [2.05, 4.69) is 27.0 Å². The Kier molecular flexibility index (Phi) is 8.02. The molecule has 1 saturated heterocycles.